The Morgan fingerprint density at radius 1 is 1.00 bits per heavy atom. The largest absolute Gasteiger partial charge is 0.343 e. The molecule has 0 radical (unpaired) electrons. The number of amides is 4. The van der Waals surface area contributed by atoms with Gasteiger partial charge in [-0.3, -0.25) is 19.2 Å². The fourth-order valence-electron chi connectivity index (χ4n) is 5.33. The summed E-state index contributed by atoms with van der Waals surface area (Å²) in [5.41, 5.74) is 9.10. The van der Waals surface area contributed by atoms with Gasteiger partial charge in [0.15, 0.2) is 0 Å². The average Bonchev–Trinajstić information content (AvgIpc) is 2.97. The van der Waals surface area contributed by atoms with Crippen LogP contribution in [0.3, 0.4) is 0 Å². The van der Waals surface area contributed by atoms with Gasteiger partial charge >= 0.3 is 0 Å². The van der Waals surface area contributed by atoms with E-state index in [-0.39, 0.29) is 44.2 Å². The quantitative estimate of drug-likeness (QED) is 0.429. The van der Waals surface area contributed by atoms with E-state index in [2.05, 4.69) is 10.6 Å². The Balaban J connectivity index is 1.46. The SMILES string of the molecule is Cc1cc(NC(=O)[C@H](CCN)NC(=O)[C@@H]2Cc3ccccc3CN2C(=O)CCC(=O)N2CCCCC2)ccc1Cl. The highest BCUT2D eigenvalue weighted by atomic mass is 35.5. The number of halogens is 1. The second-order valence-corrected chi connectivity index (χ2v) is 11.0. The van der Waals surface area contributed by atoms with Gasteiger partial charge in [0.25, 0.3) is 0 Å². The third-order valence-electron chi connectivity index (χ3n) is 7.65. The molecule has 4 N–H and O–H groups in total. The molecule has 2 aliphatic rings. The Morgan fingerprint density at radius 3 is 2.40 bits per heavy atom. The van der Waals surface area contributed by atoms with E-state index in [0.29, 0.717) is 17.1 Å². The summed E-state index contributed by atoms with van der Waals surface area (Å²) in [6.07, 6.45) is 3.79. The first-order valence-corrected chi connectivity index (χ1v) is 14.4. The summed E-state index contributed by atoms with van der Waals surface area (Å²) in [6, 6.07) is 11.2. The number of rotatable bonds is 9. The number of carbonyl (C=O) groups is 4. The minimum Gasteiger partial charge on any atom is -0.343 e. The number of likely N-dealkylation sites (tertiary alicyclic amines) is 1. The van der Waals surface area contributed by atoms with Gasteiger partial charge in [-0.25, -0.2) is 0 Å². The lowest BCUT2D eigenvalue weighted by Gasteiger charge is -2.37. The lowest BCUT2D eigenvalue weighted by Crippen LogP contribution is -2.56. The van der Waals surface area contributed by atoms with Crippen LogP contribution in [0.5, 0.6) is 0 Å². The number of hydrogen-bond acceptors (Lipinski definition) is 5. The van der Waals surface area contributed by atoms with Crippen molar-refractivity contribution in [2.45, 2.75) is 70.5 Å². The number of nitrogens with two attached hydrogens (primary N) is 1. The standard InChI is InChI=1S/C30H38ClN5O4/c1-20-17-23(9-10-24(20)31)33-29(39)25(13-14-32)34-30(40)26-18-21-7-3-4-8-22(21)19-36(26)28(38)12-11-27(37)35-15-5-2-6-16-35/h3-4,7-10,17,25-26H,2,5-6,11-16,18-19,32H2,1H3,(H,33,39)(H,34,40)/t25-,26-/m0/s1. The zero-order valence-electron chi connectivity index (χ0n) is 23.0. The predicted octanol–water partition coefficient (Wildman–Crippen LogP) is 3.17. The van der Waals surface area contributed by atoms with Crippen LogP contribution >= 0.6 is 11.6 Å². The highest BCUT2D eigenvalue weighted by molar-refractivity contribution is 6.31. The summed E-state index contributed by atoms with van der Waals surface area (Å²) in [4.78, 5) is 56.2. The number of carbonyl (C=O) groups excluding carboxylic acids is 4. The molecule has 1 saturated heterocycles. The molecule has 2 aliphatic heterocycles. The highest BCUT2D eigenvalue weighted by Gasteiger charge is 2.36. The number of piperidine rings is 1. The maximum atomic E-state index is 13.6. The molecule has 0 bridgehead atoms. The Morgan fingerprint density at radius 2 is 1.70 bits per heavy atom. The Kier molecular flexibility index (Phi) is 10.2. The van der Waals surface area contributed by atoms with Gasteiger partial charge in [0, 0.05) is 49.6 Å². The molecule has 0 aliphatic carbocycles. The molecule has 1 fully saturated rings. The smallest absolute Gasteiger partial charge is 0.246 e. The van der Waals surface area contributed by atoms with E-state index in [1.165, 1.54) is 0 Å². The number of benzene rings is 2. The maximum absolute atomic E-state index is 13.6. The fraction of sp³-hybridized carbons (Fsp3) is 0.467. The summed E-state index contributed by atoms with van der Waals surface area (Å²) >= 11 is 6.10. The monoisotopic (exact) mass is 567 g/mol. The number of hydrogen-bond donors (Lipinski definition) is 3. The van der Waals surface area contributed by atoms with Gasteiger partial charge in [0.05, 0.1) is 0 Å². The topological polar surface area (TPSA) is 125 Å². The molecular formula is C30H38ClN5O4. The van der Waals surface area contributed by atoms with Crippen molar-refractivity contribution in [1.82, 2.24) is 15.1 Å². The van der Waals surface area contributed by atoms with Gasteiger partial charge in [-0.2, -0.15) is 0 Å². The van der Waals surface area contributed by atoms with Crippen LogP contribution in [-0.2, 0) is 32.1 Å². The number of fused-ring (bicyclic) bond motifs is 1. The minimum atomic E-state index is -0.886. The molecule has 0 unspecified atom stereocenters. The van der Waals surface area contributed by atoms with Crippen LogP contribution in [0.2, 0.25) is 5.02 Å². The molecule has 40 heavy (non-hydrogen) atoms. The molecule has 4 rings (SSSR count). The second-order valence-electron chi connectivity index (χ2n) is 10.5. The van der Waals surface area contributed by atoms with Crippen molar-refractivity contribution >= 4 is 40.9 Å². The lowest BCUT2D eigenvalue weighted by atomic mass is 9.92. The van der Waals surface area contributed by atoms with Crippen molar-refractivity contribution in [2.75, 3.05) is 25.0 Å². The summed E-state index contributed by atoms with van der Waals surface area (Å²) < 4.78 is 0. The van der Waals surface area contributed by atoms with E-state index in [1.54, 1.807) is 23.1 Å². The average molecular weight is 568 g/mol. The molecule has 10 heteroatoms. The van der Waals surface area contributed by atoms with Crippen molar-refractivity contribution in [2.24, 2.45) is 5.73 Å². The molecule has 9 nitrogen and oxygen atoms in total. The van der Waals surface area contributed by atoms with E-state index in [0.717, 1.165) is 49.0 Å². The van der Waals surface area contributed by atoms with Gasteiger partial charge in [-0.15, -0.1) is 0 Å². The van der Waals surface area contributed by atoms with Crippen LogP contribution in [0.25, 0.3) is 0 Å². The molecule has 2 aromatic rings. The number of aryl methyl sites for hydroxylation is 1. The zero-order valence-corrected chi connectivity index (χ0v) is 23.7. The highest BCUT2D eigenvalue weighted by Crippen LogP contribution is 2.25. The molecule has 0 aromatic heterocycles. The summed E-state index contributed by atoms with van der Waals surface area (Å²) in [7, 11) is 0. The molecule has 4 amide bonds. The van der Waals surface area contributed by atoms with Crippen molar-refractivity contribution in [3.8, 4) is 0 Å². The van der Waals surface area contributed by atoms with Crippen molar-refractivity contribution in [1.29, 1.82) is 0 Å². The maximum Gasteiger partial charge on any atom is 0.246 e. The van der Waals surface area contributed by atoms with Crippen LogP contribution in [0.4, 0.5) is 5.69 Å². The van der Waals surface area contributed by atoms with E-state index < -0.39 is 23.9 Å². The molecule has 2 aromatic carbocycles. The lowest BCUT2D eigenvalue weighted by molar-refractivity contribution is -0.144. The first-order valence-electron chi connectivity index (χ1n) is 14.0. The van der Waals surface area contributed by atoms with E-state index in [1.807, 2.05) is 36.1 Å². The first-order chi connectivity index (χ1) is 19.3. The summed E-state index contributed by atoms with van der Waals surface area (Å²) in [5.74, 6) is -1.10. The van der Waals surface area contributed by atoms with E-state index in [4.69, 9.17) is 17.3 Å². The third-order valence-corrected chi connectivity index (χ3v) is 8.07. The molecule has 2 heterocycles. The third kappa shape index (κ3) is 7.40. The van der Waals surface area contributed by atoms with E-state index in [9.17, 15) is 19.2 Å². The second kappa shape index (κ2) is 13.8. The Labute approximate surface area is 240 Å². The molecule has 0 saturated carbocycles. The van der Waals surface area contributed by atoms with Gasteiger partial charge in [0.2, 0.25) is 23.6 Å². The van der Waals surface area contributed by atoms with Gasteiger partial charge < -0.3 is 26.2 Å². The molecule has 214 valence electrons. The first kappa shape index (κ1) is 29.6. The summed E-state index contributed by atoms with van der Waals surface area (Å²) in [5, 5.41) is 6.25. The number of nitrogens with one attached hydrogen (secondary N) is 2. The normalized spacial score (nSPS) is 17.5. The zero-order chi connectivity index (χ0) is 28.6. The number of anilines is 1. The van der Waals surface area contributed by atoms with Crippen LogP contribution in [-0.4, -0.2) is 65.1 Å². The van der Waals surface area contributed by atoms with Gasteiger partial charge in [-0.1, -0.05) is 35.9 Å². The summed E-state index contributed by atoms with van der Waals surface area (Å²) in [6.45, 7) is 3.75. The van der Waals surface area contributed by atoms with E-state index >= 15 is 0 Å². The van der Waals surface area contributed by atoms with Crippen molar-refractivity contribution < 1.29 is 19.2 Å². The fourth-order valence-corrected chi connectivity index (χ4v) is 5.45. The van der Waals surface area contributed by atoms with Crippen LogP contribution in [0, 0.1) is 6.92 Å². The van der Waals surface area contributed by atoms with Crippen LogP contribution in [0.1, 0.15) is 55.2 Å². The Hall–Kier alpha value is -3.43. The minimum absolute atomic E-state index is 0.0245. The number of nitrogens with zero attached hydrogens (tertiary/aromatic N) is 2. The van der Waals surface area contributed by atoms with Crippen molar-refractivity contribution in [3.05, 3.63) is 64.2 Å². The molecule has 2 atom stereocenters. The van der Waals surface area contributed by atoms with Gasteiger partial charge in [-0.05, 0) is 74.0 Å². The van der Waals surface area contributed by atoms with Crippen LogP contribution < -0.4 is 16.4 Å². The predicted molar refractivity (Wildman–Crippen MR) is 155 cm³/mol. The molecule has 0 spiro atoms. The van der Waals surface area contributed by atoms with Crippen LogP contribution in [0.15, 0.2) is 42.5 Å². The molecular weight excluding hydrogens is 530 g/mol. The van der Waals surface area contributed by atoms with Crippen molar-refractivity contribution in [3.63, 3.8) is 0 Å². The Bertz CT molecular complexity index is 1250. The van der Waals surface area contributed by atoms with Gasteiger partial charge in [0.1, 0.15) is 12.1 Å².